The van der Waals surface area contributed by atoms with E-state index in [1.54, 1.807) is 25.1 Å². The Kier molecular flexibility index (Phi) is 5.67. The molecule has 0 atom stereocenters. The zero-order valence-corrected chi connectivity index (χ0v) is 15.2. The number of rotatable bonds is 5. The normalized spacial score (nSPS) is 11.1. The smallest absolute Gasteiger partial charge is 0.338 e. The summed E-state index contributed by atoms with van der Waals surface area (Å²) in [4.78, 5) is 11.6. The van der Waals surface area contributed by atoms with Crippen molar-refractivity contribution in [3.63, 3.8) is 0 Å². The minimum atomic E-state index is -3.81. The van der Waals surface area contributed by atoms with Gasteiger partial charge in [0.1, 0.15) is 0 Å². The van der Waals surface area contributed by atoms with Crippen LogP contribution in [0.3, 0.4) is 0 Å². The van der Waals surface area contributed by atoms with Gasteiger partial charge in [0.25, 0.3) is 10.0 Å². The number of ether oxygens (including phenoxy) is 1. The highest BCUT2D eigenvalue weighted by molar-refractivity contribution is 9.10. The molecule has 2 aromatic rings. The lowest BCUT2D eigenvalue weighted by Gasteiger charge is -2.10. The fraction of sp³-hybridized carbons (Fsp3) is 0.133. The summed E-state index contributed by atoms with van der Waals surface area (Å²) < 4.78 is 32.7. The van der Waals surface area contributed by atoms with Crippen LogP contribution in [0.5, 0.6) is 0 Å². The molecular weight excluding hydrogens is 406 g/mol. The SMILES string of the molecule is CCOC(=O)c1ccc(S(=O)(=O)Nc2ccc(Br)cc2Cl)cc1. The molecule has 0 aromatic heterocycles. The Morgan fingerprint density at radius 3 is 2.43 bits per heavy atom. The van der Waals surface area contributed by atoms with E-state index in [0.717, 1.165) is 4.47 Å². The Morgan fingerprint density at radius 2 is 1.87 bits per heavy atom. The molecule has 0 heterocycles. The number of carbonyl (C=O) groups is 1. The summed E-state index contributed by atoms with van der Waals surface area (Å²) in [5, 5.41) is 0.270. The quantitative estimate of drug-likeness (QED) is 0.743. The van der Waals surface area contributed by atoms with Crippen molar-refractivity contribution in [3.8, 4) is 0 Å². The molecule has 122 valence electrons. The molecule has 0 saturated carbocycles. The Hall–Kier alpha value is -1.57. The highest BCUT2D eigenvalue weighted by atomic mass is 79.9. The first-order chi connectivity index (χ1) is 10.8. The second-order valence-corrected chi connectivity index (χ2v) is 7.48. The maximum atomic E-state index is 12.3. The number of anilines is 1. The lowest BCUT2D eigenvalue weighted by atomic mass is 10.2. The molecular formula is C15H13BrClNO4S. The number of halogens is 2. The number of benzene rings is 2. The van der Waals surface area contributed by atoms with E-state index in [2.05, 4.69) is 20.7 Å². The van der Waals surface area contributed by atoms with Crippen LogP contribution < -0.4 is 4.72 Å². The topological polar surface area (TPSA) is 72.5 Å². The number of carbonyl (C=O) groups excluding carboxylic acids is 1. The van der Waals surface area contributed by atoms with E-state index in [1.807, 2.05) is 0 Å². The van der Waals surface area contributed by atoms with E-state index in [1.165, 1.54) is 24.3 Å². The Bertz CT molecular complexity index is 822. The third-order valence-electron chi connectivity index (χ3n) is 2.85. The monoisotopic (exact) mass is 417 g/mol. The Morgan fingerprint density at radius 1 is 1.22 bits per heavy atom. The zero-order valence-electron chi connectivity index (χ0n) is 12.0. The largest absolute Gasteiger partial charge is 0.462 e. The maximum Gasteiger partial charge on any atom is 0.338 e. The van der Waals surface area contributed by atoms with Gasteiger partial charge in [0.05, 0.1) is 27.8 Å². The summed E-state index contributed by atoms with van der Waals surface area (Å²) in [6.45, 7) is 1.95. The second kappa shape index (κ2) is 7.33. The first kappa shape index (κ1) is 17.8. The van der Waals surface area contributed by atoms with Crippen molar-refractivity contribution < 1.29 is 17.9 Å². The molecule has 0 saturated heterocycles. The summed E-state index contributed by atoms with van der Waals surface area (Å²) >= 11 is 9.26. The minimum Gasteiger partial charge on any atom is -0.462 e. The number of hydrogen-bond donors (Lipinski definition) is 1. The summed E-state index contributed by atoms with van der Waals surface area (Å²) in [6, 6.07) is 10.3. The summed E-state index contributed by atoms with van der Waals surface area (Å²) in [5.74, 6) is -0.500. The molecule has 0 aliphatic carbocycles. The number of esters is 1. The zero-order chi connectivity index (χ0) is 17.0. The lowest BCUT2D eigenvalue weighted by molar-refractivity contribution is 0.0526. The predicted molar refractivity (Wildman–Crippen MR) is 92.4 cm³/mol. The Labute approximate surface area is 147 Å². The van der Waals surface area contributed by atoms with E-state index >= 15 is 0 Å². The van der Waals surface area contributed by atoms with Crippen molar-refractivity contribution in [1.82, 2.24) is 0 Å². The minimum absolute atomic E-state index is 0.0181. The third kappa shape index (κ3) is 4.46. The second-order valence-electron chi connectivity index (χ2n) is 4.47. The number of sulfonamides is 1. The first-order valence-electron chi connectivity index (χ1n) is 6.58. The predicted octanol–water partition coefficient (Wildman–Crippen LogP) is 4.08. The molecule has 0 bridgehead atoms. The molecule has 0 spiro atoms. The first-order valence-corrected chi connectivity index (χ1v) is 9.24. The van der Waals surface area contributed by atoms with E-state index in [0.29, 0.717) is 0 Å². The summed E-state index contributed by atoms with van der Waals surface area (Å²) in [6.07, 6.45) is 0. The lowest BCUT2D eigenvalue weighted by Crippen LogP contribution is -2.13. The van der Waals surface area contributed by atoms with E-state index in [4.69, 9.17) is 16.3 Å². The van der Waals surface area contributed by atoms with Crippen LogP contribution >= 0.6 is 27.5 Å². The van der Waals surface area contributed by atoms with Crippen LogP contribution in [-0.4, -0.2) is 21.0 Å². The van der Waals surface area contributed by atoms with E-state index in [-0.39, 0.29) is 27.8 Å². The van der Waals surface area contributed by atoms with Gasteiger partial charge in [0, 0.05) is 4.47 Å². The van der Waals surface area contributed by atoms with Gasteiger partial charge < -0.3 is 4.74 Å². The fourth-order valence-electron chi connectivity index (χ4n) is 1.76. The van der Waals surface area contributed by atoms with Crippen LogP contribution in [0.4, 0.5) is 5.69 Å². The molecule has 0 aliphatic rings. The number of hydrogen-bond acceptors (Lipinski definition) is 4. The summed E-state index contributed by atoms with van der Waals surface area (Å²) in [5.41, 5.74) is 0.553. The Balaban J connectivity index is 2.24. The van der Waals surface area contributed by atoms with Gasteiger partial charge in [0.2, 0.25) is 0 Å². The van der Waals surface area contributed by atoms with Crippen LogP contribution in [-0.2, 0) is 14.8 Å². The van der Waals surface area contributed by atoms with Gasteiger partial charge in [-0.2, -0.15) is 0 Å². The highest BCUT2D eigenvalue weighted by Gasteiger charge is 2.17. The molecule has 2 aromatic carbocycles. The van der Waals surface area contributed by atoms with Gasteiger partial charge in [0.15, 0.2) is 0 Å². The van der Waals surface area contributed by atoms with E-state index in [9.17, 15) is 13.2 Å². The molecule has 2 rings (SSSR count). The van der Waals surface area contributed by atoms with Crippen LogP contribution in [0.1, 0.15) is 17.3 Å². The van der Waals surface area contributed by atoms with Gasteiger partial charge in [-0.15, -0.1) is 0 Å². The van der Waals surface area contributed by atoms with Crippen LogP contribution in [0.25, 0.3) is 0 Å². The van der Waals surface area contributed by atoms with Gasteiger partial charge in [-0.05, 0) is 49.4 Å². The molecule has 0 amide bonds. The third-order valence-corrected chi connectivity index (χ3v) is 5.04. The molecule has 1 N–H and O–H groups in total. The molecule has 0 aliphatic heterocycles. The molecule has 0 radical (unpaired) electrons. The fourth-order valence-corrected chi connectivity index (χ4v) is 3.62. The van der Waals surface area contributed by atoms with Gasteiger partial charge in [-0.1, -0.05) is 27.5 Å². The van der Waals surface area contributed by atoms with Crippen molar-refractivity contribution >= 4 is 49.2 Å². The standard InChI is InChI=1S/C15H13BrClNO4S/c1-2-22-15(19)10-3-6-12(7-4-10)23(20,21)18-14-8-5-11(16)9-13(14)17/h3-9,18H,2H2,1H3. The molecule has 8 heteroatoms. The van der Waals surface area contributed by atoms with E-state index < -0.39 is 16.0 Å². The van der Waals surface area contributed by atoms with Gasteiger partial charge in [-0.25, -0.2) is 13.2 Å². The molecule has 5 nitrogen and oxygen atoms in total. The van der Waals surface area contributed by atoms with Crippen molar-refractivity contribution in [2.45, 2.75) is 11.8 Å². The van der Waals surface area contributed by atoms with Crippen molar-refractivity contribution in [2.24, 2.45) is 0 Å². The summed E-state index contributed by atoms with van der Waals surface area (Å²) in [7, 11) is -3.81. The average Bonchev–Trinajstić information content (AvgIpc) is 2.50. The van der Waals surface area contributed by atoms with Crippen LogP contribution in [0.2, 0.25) is 5.02 Å². The van der Waals surface area contributed by atoms with Crippen molar-refractivity contribution in [3.05, 3.63) is 57.5 Å². The molecule has 23 heavy (non-hydrogen) atoms. The molecule has 0 fully saturated rings. The highest BCUT2D eigenvalue weighted by Crippen LogP contribution is 2.27. The maximum absolute atomic E-state index is 12.3. The average molecular weight is 419 g/mol. The molecule has 0 unspecified atom stereocenters. The van der Waals surface area contributed by atoms with Crippen LogP contribution in [0.15, 0.2) is 51.8 Å². The van der Waals surface area contributed by atoms with Gasteiger partial charge in [-0.3, -0.25) is 4.72 Å². The van der Waals surface area contributed by atoms with Crippen molar-refractivity contribution in [1.29, 1.82) is 0 Å². The number of nitrogens with one attached hydrogen (secondary N) is 1. The van der Waals surface area contributed by atoms with Crippen LogP contribution in [0, 0.1) is 0 Å². The van der Waals surface area contributed by atoms with Crippen molar-refractivity contribution in [2.75, 3.05) is 11.3 Å². The van der Waals surface area contributed by atoms with Gasteiger partial charge >= 0.3 is 5.97 Å².